The van der Waals surface area contributed by atoms with E-state index in [1.165, 1.54) is 0 Å². The Hall–Kier alpha value is -2.60. The van der Waals surface area contributed by atoms with E-state index in [2.05, 4.69) is 26.7 Å². The first kappa shape index (κ1) is 18.7. The summed E-state index contributed by atoms with van der Waals surface area (Å²) in [5.74, 6) is 1.55. The van der Waals surface area contributed by atoms with E-state index in [1.807, 2.05) is 36.4 Å². The molecule has 0 saturated carbocycles. The van der Waals surface area contributed by atoms with Gasteiger partial charge in [0.25, 0.3) is 0 Å². The number of rotatable bonds is 6. The minimum absolute atomic E-state index is 0.201. The summed E-state index contributed by atoms with van der Waals surface area (Å²) in [6, 6.07) is 8.20. The number of imidazole rings is 1. The number of nitrogens with one attached hydrogen (secondary N) is 1. The zero-order chi connectivity index (χ0) is 19.5. The summed E-state index contributed by atoms with van der Waals surface area (Å²) in [5, 5.41) is 1.15. The molecule has 1 aliphatic heterocycles. The molecule has 0 radical (unpaired) electrons. The fraction of sp³-hybridized carbons (Fsp3) is 0.455. The lowest BCUT2D eigenvalue weighted by molar-refractivity contribution is -0.131. The second kappa shape index (κ2) is 8.19. The Labute approximate surface area is 165 Å². The van der Waals surface area contributed by atoms with Crippen LogP contribution in [0.5, 0.6) is 0 Å². The Balaban J connectivity index is 1.48. The fourth-order valence-corrected chi connectivity index (χ4v) is 4.30. The van der Waals surface area contributed by atoms with Crippen LogP contribution in [-0.2, 0) is 22.5 Å². The highest BCUT2D eigenvalue weighted by atomic mass is 16.5. The van der Waals surface area contributed by atoms with Crippen LogP contribution in [-0.4, -0.2) is 52.1 Å². The Morgan fingerprint density at radius 2 is 2.21 bits per heavy atom. The minimum Gasteiger partial charge on any atom is -0.383 e. The van der Waals surface area contributed by atoms with E-state index in [0.717, 1.165) is 60.5 Å². The molecule has 3 aromatic rings. The predicted molar refractivity (Wildman–Crippen MR) is 109 cm³/mol. The molecule has 1 aliphatic rings. The number of fused-ring (bicyclic) bond motifs is 1. The number of piperidine rings is 1. The summed E-state index contributed by atoms with van der Waals surface area (Å²) < 4.78 is 7.36. The van der Waals surface area contributed by atoms with Crippen LogP contribution in [0.25, 0.3) is 10.9 Å². The summed E-state index contributed by atoms with van der Waals surface area (Å²) in [5.41, 5.74) is 3.29. The van der Waals surface area contributed by atoms with Crippen molar-refractivity contribution in [2.45, 2.75) is 38.6 Å². The molecule has 1 atom stereocenters. The number of aromatic amines is 1. The van der Waals surface area contributed by atoms with Crippen molar-refractivity contribution in [1.82, 2.24) is 19.4 Å². The zero-order valence-electron chi connectivity index (χ0n) is 16.6. The number of para-hydroxylation sites is 1. The Bertz CT molecular complexity index is 959. The topological polar surface area (TPSA) is 63.1 Å². The molecule has 28 heavy (non-hydrogen) atoms. The van der Waals surface area contributed by atoms with Gasteiger partial charge in [0, 0.05) is 61.7 Å². The molecule has 1 amide bonds. The van der Waals surface area contributed by atoms with Crippen molar-refractivity contribution in [2.24, 2.45) is 0 Å². The second-order valence-corrected chi connectivity index (χ2v) is 7.60. The molecule has 0 spiro atoms. The van der Waals surface area contributed by atoms with Crippen LogP contribution < -0.4 is 0 Å². The van der Waals surface area contributed by atoms with E-state index in [-0.39, 0.29) is 11.8 Å². The average molecular weight is 380 g/mol. The van der Waals surface area contributed by atoms with Gasteiger partial charge in [0.1, 0.15) is 5.82 Å². The maximum atomic E-state index is 13.1. The third kappa shape index (κ3) is 3.69. The fourth-order valence-electron chi connectivity index (χ4n) is 4.30. The molecule has 0 bridgehead atoms. The number of hydrogen-bond donors (Lipinski definition) is 1. The molecule has 4 rings (SSSR count). The number of H-pyrrole nitrogens is 1. The number of amides is 1. The molecule has 1 saturated heterocycles. The second-order valence-electron chi connectivity index (χ2n) is 7.60. The van der Waals surface area contributed by atoms with Crippen molar-refractivity contribution < 1.29 is 9.53 Å². The number of carbonyl (C=O) groups excluding carboxylic acids is 1. The quantitative estimate of drug-likeness (QED) is 0.714. The smallest absolute Gasteiger partial charge is 0.227 e. The van der Waals surface area contributed by atoms with Gasteiger partial charge in [0.15, 0.2) is 0 Å². The van der Waals surface area contributed by atoms with Gasteiger partial charge in [0.2, 0.25) is 5.91 Å². The number of ether oxygens (including phenoxy) is 1. The van der Waals surface area contributed by atoms with Gasteiger partial charge in [-0.05, 0) is 31.4 Å². The minimum atomic E-state index is 0.201. The van der Waals surface area contributed by atoms with Gasteiger partial charge < -0.3 is 19.2 Å². The van der Waals surface area contributed by atoms with E-state index in [4.69, 9.17) is 4.74 Å². The van der Waals surface area contributed by atoms with Gasteiger partial charge in [0.05, 0.1) is 13.0 Å². The highest BCUT2D eigenvalue weighted by molar-refractivity contribution is 5.90. The molecule has 1 fully saturated rings. The van der Waals surface area contributed by atoms with Crippen LogP contribution in [0.4, 0.5) is 0 Å². The maximum absolute atomic E-state index is 13.1. The number of hydrogen-bond acceptors (Lipinski definition) is 3. The number of carbonyl (C=O) groups is 1. The number of aryl methyl sites for hydroxylation is 1. The summed E-state index contributed by atoms with van der Waals surface area (Å²) >= 11 is 0. The molecule has 1 aromatic carbocycles. The van der Waals surface area contributed by atoms with E-state index in [1.54, 1.807) is 7.11 Å². The predicted octanol–water partition coefficient (Wildman–Crippen LogP) is 3.27. The third-order valence-corrected chi connectivity index (χ3v) is 5.78. The van der Waals surface area contributed by atoms with E-state index < -0.39 is 0 Å². The lowest BCUT2D eigenvalue weighted by atomic mass is 9.96. The first-order valence-corrected chi connectivity index (χ1v) is 10.0. The standard InChI is InChI=1S/C22H28N4O2/c1-16-19(18-7-3-4-8-20(18)24-16)14-21(27)26-10-5-6-17(15-26)22-23-9-11-25(22)12-13-28-2/h3-4,7-9,11,17,24H,5-6,10,12-15H2,1-2H3. The third-order valence-electron chi connectivity index (χ3n) is 5.78. The summed E-state index contributed by atoms with van der Waals surface area (Å²) in [6.45, 7) is 5.08. The monoisotopic (exact) mass is 380 g/mol. The molecule has 1 unspecified atom stereocenters. The van der Waals surface area contributed by atoms with Crippen molar-refractivity contribution in [3.8, 4) is 0 Å². The first-order chi connectivity index (χ1) is 13.7. The summed E-state index contributed by atoms with van der Waals surface area (Å²) in [4.78, 5) is 23.1. The van der Waals surface area contributed by atoms with Gasteiger partial charge >= 0.3 is 0 Å². The SMILES string of the molecule is COCCn1ccnc1C1CCCN(C(=O)Cc2c(C)[nH]c3ccccc23)C1. The van der Waals surface area contributed by atoms with Crippen molar-refractivity contribution in [2.75, 3.05) is 26.8 Å². The lowest BCUT2D eigenvalue weighted by Crippen LogP contribution is -2.40. The van der Waals surface area contributed by atoms with Crippen LogP contribution in [0.15, 0.2) is 36.7 Å². The van der Waals surface area contributed by atoms with Gasteiger partial charge in [-0.2, -0.15) is 0 Å². The highest BCUT2D eigenvalue weighted by Gasteiger charge is 2.28. The molecule has 1 N–H and O–H groups in total. The molecule has 2 aromatic heterocycles. The number of benzene rings is 1. The van der Waals surface area contributed by atoms with E-state index in [9.17, 15) is 4.79 Å². The molecule has 148 valence electrons. The Morgan fingerprint density at radius 3 is 3.07 bits per heavy atom. The van der Waals surface area contributed by atoms with Crippen LogP contribution in [0.2, 0.25) is 0 Å². The van der Waals surface area contributed by atoms with E-state index in [0.29, 0.717) is 13.0 Å². The number of likely N-dealkylation sites (tertiary alicyclic amines) is 1. The molecular formula is C22H28N4O2. The largest absolute Gasteiger partial charge is 0.383 e. The molecule has 3 heterocycles. The summed E-state index contributed by atoms with van der Waals surface area (Å²) in [6.07, 6.45) is 6.38. The number of aromatic nitrogens is 3. The van der Waals surface area contributed by atoms with Crippen molar-refractivity contribution >= 4 is 16.8 Å². The van der Waals surface area contributed by atoms with Gasteiger partial charge in [-0.15, -0.1) is 0 Å². The zero-order valence-corrected chi connectivity index (χ0v) is 16.6. The van der Waals surface area contributed by atoms with Crippen LogP contribution in [0.1, 0.15) is 35.8 Å². The highest BCUT2D eigenvalue weighted by Crippen LogP contribution is 2.28. The molecular weight excluding hydrogens is 352 g/mol. The van der Waals surface area contributed by atoms with Crippen LogP contribution in [0.3, 0.4) is 0 Å². The van der Waals surface area contributed by atoms with Crippen molar-refractivity contribution in [3.63, 3.8) is 0 Å². The van der Waals surface area contributed by atoms with Crippen LogP contribution in [0, 0.1) is 6.92 Å². The van der Waals surface area contributed by atoms with Crippen LogP contribution >= 0.6 is 0 Å². The number of methoxy groups -OCH3 is 1. The van der Waals surface area contributed by atoms with Gasteiger partial charge in [-0.25, -0.2) is 4.98 Å². The Morgan fingerprint density at radius 1 is 1.36 bits per heavy atom. The molecule has 6 heteroatoms. The molecule has 0 aliphatic carbocycles. The van der Waals surface area contributed by atoms with Crippen molar-refractivity contribution in [3.05, 3.63) is 53.7 Å². The van der Waals surface area contributed by atoms with E-state index >= 15 is 0 Å². The molecule has 6 nitrogen and oxygen atoms in total. The summed E-state index contributed by atoms with van der Waals surface area (Å²) in [7, 11) is 1.71. The van der Waals surface area contributed by atoms with Gasteiger partial charge in [-0.1, -0.05) is 18.2 Å². The van der Waals surface area contributed by atoms with Crippen molar-refractivity contribution in [1.29, 1.82) is 0 Å². The Kier molecular flexibility index (Phi) is 5.48. The van der Waals surface area contributed by atoms with Gasteiger partial charge in [-0.3, -0.25) is 4.79 Å². The lowest BCUT2D eigenvalue weighted by Gasteiger charge is -2.33. The maximum Gasteiger partial charge on any atom is 0.227 e. The normalized spacial score (nSPS) is 17.4. The first-order valence-electron chi connectivity index (χ1n) is 10.0. The number of nitrogens with zero attached hydrogens (tertiary/aromatic N) is 3. The average Bonchev–Trinajstić information content (AvgIpc) is 3.31.